The van der Waals surface area contributed by atoms with Crippen molar-refractivity contribution in [1.29, 1.82) is 0 Å². The van der Waals surface area contributed by atoms with Crippen LogP contribution in [0.2, 0.25) is 0 Å². The summed E-state index contributed by atoms with van der Waals surface area (Å²) in [7, 11) is 0. The second-order valence-electron chi connectivity index (χ2n) is 3.09. The van der Waals surface area contributed by atoms with Crippen molar-refractivity contribution in [3.63, 3.8) is 0 Å². The van der Waals surface area contributed by atoms with Gasteiger partial charge in [0.05, 0.1) is 11.5 Å². The molecule has 0 fully saturated rings. The summed E-state index contributed by atoms with van der Waals surface area (Å²) in [6.45, 7) is 3.78. The molecule has 3 nitrogen and oxygen atoms in total. The first-order valence-electron chi connectivity index (χ1n) is 3.40. The van der Waals surface area contributed by atoms with E-state index in [1.165, 1.54) is 6.08 Å². The van der Waals surface area contributed by atoms with Gasteiger partial charge in [0.15, 0.2) is 0 Å². The van der Waals surface area contributed by atoms with Crippen LogP contribution in [0.25, 0.3) is 0 Å². The Balaban J connectivity index is 2.89. The predicted molar refractivity (Wildman–Crippen MR) is 39.4 cm³/mol. The van der Waals surface area contributed by atoms with Crippen LogP contribution in [0.1, 0.15) is 13.8 Å². The van der Waals surface area contributed by atoms with E-state index >= 15 is 0 Å². The molecule has 1 aliphatic heterocycles. The van der Waals surface area contributed by atoms with E-state index in [-0.39, 0.29) is 11.1 Å². The molecule has 3 heteroatoms. The molecule has 0 aromatic heterocycles. The van der Waals surface area contributed by atoms with Crippen LogP contribution in [0, 0.1) is 0 Å². The minimum absolute atomic E-state index is 0.230. The third kappa shape index (κ3) is 1.83. The lowest BCUT2D eigenvalue weighted by atomic mass is 9.99. The number of rotatable bonds is 1. The van der Waals surface area contributed by atoms with E-state index < -0.39 is 5.97 Å². The average molecular weight is 152 g/mol. The van der Waals surface area contributed by atoms with E-state index in [1.807, 2.05) is 13.8 Å². The Kier molecular flexibility index (Phi) is 1.72. The first kappa shape index (κ1) is 7.85. The maximum atomic E-state index is 10.4. The Hall–Kier alpha value is -1.25. The molecule has 0 unspecified atom stereocenters. The van der Waals surface area contributed by atoms with Crippen molar-refractivity contribution >= 4 is 5.97 Å². The van der Waals surface area contributed by atoms with Gasteiger partial charge in [0, 0.05) is 0 Å². The fraction of sp³-hybridized carbons (Fsp3) is 0.375. The Labute approximate surface area is 65.4 Å². The SMILES string of the molecule is CC1(C)C=C(C(=O)[O-])C=CN1. The topological polar surface area (TPSA) is 52.2 Å². The van der Waals surface area contributed by atoms with Crippen molar-refractivity contribution in [2.75, 3.05) is 0 Å². The minimum Gasteiger partial charge on any atom is -0.545 e. The molecule has 0 saturated carbocycles. The van der Waals surface area contributed by atoms with Crippen LogP contribution in [-0.2, 0) is 4.79 Å². The Bertz CT molecular complexity index is 238. The van der Waals surface area contributed by atoms with Crippen molar-refractivity contribution in [2.45, 2.75) is 19.4 Å². The summed E-state index contributed by atoms with van der Waals surface area (Å²) in [5.41, 5.74) is -0.0572. The third-order valence-electron chi connectivity index (χ3n) is 1.47. The summed E-state index contributed by atoms with van der Waals surface area (Å²) in [6, 6.07) is 0. The quantitative estimate of drug-likeness (QED) is 0.554. The van der Waals surface area contributed by atoms with Crippen LogP contribution >= 0.6 is 0 Å². The monoisotopic (exact) mass is 152 g/mol. The summed E-state index contributed by atoms with van der Waals surface area (Å²) in [5, 5.41) is 13.4. The fourth-order valence-electron chi connectivity index (χ4n) is 0.952. The lowest BCUT2D eigenvalue weighted by Crippen LogP contribution is -2.38. The lowest BCUT2D eigenvalue weighted by molar-refractivity contribution is -0.298. The van der Waals surface area contributed by atoms with E-state index in [0.29, 0.717) is 0 Å². The standard InChI is InChI=1S/C8H11NO2/c1-8(2)5-6(7(10)11)3-4-9-8/h3-5,9H,1-2H3,(H,10,11)/p-1. The molecule has 0 amide bonds. The number of carbonyl (C=O) groups excluding carboxylic acids is 1. The van der Waals surface area contributed by atoms with Gasteiger partial charge < -0.3 is 15.2 Å². The van der Waals surface area contributed by atoms with Crippen LogP contribution in [0.15, 0.2) is 23.9 Å². The maximum absolute atomic E-state index is 10.4. The summed E-state index contributed by atoms with van der Waals surface area (Å²) in [5.74, 6) is -1.13. The second-order valence-corrected chi connectivity index (χ2v) is 3.09. The van der Waals surface area contributed by atoms with Crippen LogP contribution in [-0.4, -0.2) is 11.5 Å². The second kappa shape index (κ2) is 2.42. The number of nitrogens with one attached hydrogen (secondary N) is 1. The highest BCUT2D eigenvalue weighted by molar-refractivity contribution is 5.88. The normalized spacial score (nSPS) is 20.4. The molecule has 0 aromatic rings. The molecule has 1 aliphatic rings. The molecule has 0 aromatic carbocycles. The number of dihydropyridines is 1. The van der Waals surface area contributed by atoms with Crippen molar-refractivity contribution in [3.05, 3.63) is 23.9 Å². The number of aliphatic carboxylic acids is 1. The molecular weight excluding hydrogens is 142 g/mol. The molecule has 0 radical (unpaired) electrons. The zero-order valence-corrected chi connectivity index (χ0v) is 6.55. The molecule has 0 bridgehead atoms. The van der Waals surface area contributed by atoms with Crippen molar-refractivity contribution < 1.29 is 9.90 Å². The molecule has 1 rings (SSSR count). The molecule has 1 heterocycles. The van der Waals surface area contributed by atoms with Crippen LogP contribution in [0.4, 0.5) is 0 Å². The van der Waals surface area contributed by atoms with E-state index in [0.717, 1.165) is 0 Å². The minimum atomic E-state index is -1.13. The van der Waals surface area contributed by atoms with Gasteiger partial charge >= 0.3 is 0 Å². The average Bonchev–Trinajstić information content (AvgIpc) is 1.85. The number of carboxylic acids is 1. The van der Waals surface area contributed by atoms with Gasteiger partial charge in [-0.3, -0.25) is 0 Å². The molecular formula is C8H10NO2-. The summed E-state index contributed by atoms with van der Waals surface area (Å²) >= 11 is 0. The van der Waals surface area contributed by atoms with Crippen molar-refractivity contribution in [3.8, 4) is 0 Å². The summed E-state index contributed by atoms with van der Waals surface area (Å²) in [4.78, 5) is 10.4. The first-order valence-corrected chi connectivity index (χ1v) is 3.40. The molecule has 0 spiro atoms. The van der Waals surface area contributed by atoms with Gasteiger partial charge in [0.25, 0.3) is 0 Å². The largest absolute Gasteiger partial charge is 0.545 e. The summed E-state index contributed by atoms with van der Waals surface area (Å²) < 4.78 is 0. The van der Waals surface area contributed by atoms with Gasteiger partial charge in [-0.25, -0.2) is 0 Å². The number of hydrogen-bond donors (Lipinski definition) is 1. The third-order valence-corrected chi connectivity index (χ3v) is 1.47. The first-order chi connectivity index (χ1) is 5.01. The Morgan fingerprint density at radius 2 is 2.27 bits per heavy atom. The smallest absolute Gasteiger partial charge is 0.0713 e. The zero-order valence-electron chi connectivity index (χ0n) is 6.55. The highest BCUT2D eigenvalue weighted by Gasteiger charge is 2.15. The van der Waals surface area contributed by atoms with Crippen LogP contribution in [0.3, 0.4) is 0 Å². The molecule has 0 aliphatic carbocycles. The molecule has 1 N–H and O–H groups in total. The van der Waals surface area contributed by atoms with Gasteiger partial charge in [-0.15, -0.1) is 0 Å². The zero-order chi connectivity index (χ0) is 8.48. The maximum Gasteiger partial charge on any atom is 0.0713 e. The van der Waals surface area contributed by atoms with E-state index in [9.17, 15) is 9.90 Å². The molecule has 0 saturated heterocycles. The van der Waals surface area contributed by atoms with Crippen molar-refractivity contribution in [2.24, 2.45) is 0 Å². The molecule has 11 heavy (non-hydrogen) atoms. The van der Waals surface area contributed by atoms with E-state index in [4.69, 9.17) is 0 Å². The Morgan fingerprint density at radius 3 is 2.64 bits per heavy atom. The van der Waals surface area contributed by atoms with Crippen LogP contribution in [0.5, 0.6) is 0 Å². The van der Waals surface area contributed by atoms with Crippen LogP contribution < -0.4 is 10.4 Å². The fourth-order valence-corrected chi connectivity index (χ4v) is 0.952. The predicted octanol–water partition coefficient (Wildman–Crippen LogP) is -0.442. The number of carbonyl (C=O) groups is 1. The van der Waals surface area contributed by atoms with Gasteiger partial charge in [-0.1, -0.05) is 6.08 Å². The Morgan fingerprint density at radius 1 is 1.64 bits per heavy atom. The van der Waals surface area contributed by atoms with Gasteiger partial charge in [0.1, 0.15) is 0 Å². The van der Waals surface area contributed by atoms with Gasteiger partial charge in [-0.05, 0) is 31.7 Å². The number of carboxylic acid groups (broad SMARTS) is 1. The van der Waals surface area contributed by atoms with E-state index in [2.05, 4.69) is 5.32 Å². The lowest BCUT2D eigenvalue weighted by Gasteiger charge is -2.26. The van der Waals surface area contributed by atoms with Gasteiger partial charge in [-0.2, -0.15) is 0 Å². The molecule has 0 atom stereocenters. The van der Waals surface area contributed by atoms with E-state index in [1.54, 1.807) is 12.3 Å². The molecule has 60 valence electrons. The summed E-state index contributed by atoms with van der Waals surface area (Å²) in [6.07, 6.45) is 4.73. The highest BCUT2D eigenvalue weighted by Crippen LogP contribution is 2.13. The van der Waals surface area contributed by atoms with Gasteiger partial charge in [0.2, 0.25) is 0 Å². The van der Waals surface area contributed by atoms with Crippen molar-refractivity contribution in [1.82, 2.24) is 5.32 Å². The highest BCUT2D eigenvalue weighted by atomic mass is 16.4. The number of hydrogen-bond acceptors (Lipinski definition) is 3.